The predicted molar refractivity (Wildman–Crippen MR) is 90.7 cm³/mol. The van der Waals surface area contributed by atoms with Gasteiger partial charge in [0, 0.05) is 17.1 Å². The number of ether oxygens (including phenoxy) is 2. The molecule has 23 heavy (non-hydrogen) atoms. The number of hydrogen-bond acceptors (Lipinski definition) is 7. The summed E-state index contributed by atoms with van der Waals surface area (Å²) in [7, 11) is 3.15. The minimum Gasteiger partial charge on any atom is -0.493 e. The van der Waals surface area contributed by atoms with Gasteiger partial charge in [0.1, 0.15) is 0 Å². The highest BCUT2D eigenvalue weighted by Crippen LogP contribution is 2.32. The summed E-state index contributed by atoms with van der Waals surface area (Å²) in [5, 5.41) is 5.05. The van der Waals surface area contributed by atoms with Gasteiger partial charge >= 0.3 is 0 Å². The standard InChI is InChI=1S/C15H13N3O3S2/c1-20-10-6-5-9(8-11(10)21-2)13-16-15(23-18-13)17-14(19)12-4-3-7-22-12/h3-8H,1-2H3,(H,16,17,18,19). The molecule has 3 aromatic rings. The molecular weight excluding hydrogens is 334 g/mol. The van der Waals surface area contributed by atoms with Gasteiger partial charge in [-0.25, -0.2) is 0 Å². The second-order valence-corrected chi connectivity index (χ2v) is 6.12. The van der Waals surface area contributed by atoms with E-state index in [2.05, 4.69) is 14.7 Å². The molecule has 0 radical (unpaired) electrons. The Morgan fingerprint density at radius 3 is 2.70 bits per heavy atom. The van der Waals surface area contributed by atoms with Crippen LogP contribution in [0.4, 0.5) is 5.13 Å². The van der Waals surface area contributed by atoms with E-state index >= 15 is 0 Å². The first-order valence-electron chi connectivity index (χ1n) is 6.62. The van der Waals surface area contributed by atoms with E-state index in [1.165, 1.54) is 11.3 Å². The summed E-state index contributed by atoms with van der Waals surface area (Å²) in [6.45, 7) is 0. The zero-order valence-electron chi connectivity index (χ0n) is 12.4. The van der Waals surface area contributed by atoms with Gasteiger partial charge in [-0.3, -0.25) is 10.1 Å². The average Bonchev–Trinajstić information content (AvgIpc) is 3.25. The Bertz CT molecular complexity index is 815. The zero-order chi connectivity index (χ0) is 16.2. The molecule has 0 saturated carbocycles. The van der Waals surface area contributed by atoms with Gasteiger partial charge in [-0.2, -0.15) is 9.36 Å². The molecule has 0 aliphatic carbocycles. The third-order valence-corrected chi connectivity index (χ3v) is 4.53. The third kappa shape index (κ3) is 3.33. The largest absolute Gasteiger partial charge is 0.493 e. The van der Waals surface area contributed by atoms with Crippen LogP contribution in [-0.4, -0.2) is 29.5 Å². The monoisotopic (exact) mass is 347 g/mol. The molecule has 0 unspecified atom stereocenters. The van der Waals surface area contributed by atoms with Crippen LogP contribution in [0.1, 0.15) is 9.67 Å². The number of carbonyl (C=O) groups excluding carboxylic acids is 1. The molecule has 1 amide bonds. The number of benzene rings is 1. The van der Waals surface area contributed by atoms with Gasteiger partial charge in [0.15, 0.2) is 17.3 Å². The number of nitrogens with zero attached hydrogens (tertiary/aromatic N) is 2. The summed E-state index contributed by atoms with van der Waals surface area (Å²) in [6.07, 6.45) is 0. The van der Waals surface area contributed by atoms with Crippen LogP contribution in [0.2, 0.25) is 0 Å². The van der Waals surface area contributed by atoms with Crippen molar-refractivity contribution < 1.29 is 14.3 Å². The minimum atomic E-state index is -0.185. The number of rotatable bonds is 5. The van der Waals surface area contributed by atoms with E-state index in [0.29, 0.717) is 27.3 Å². The van der Waals surface area contributed by atoms with Crippen molar-refractivity contribution in [3.63, 3.8) is 0 Å². The van der Waals surface area contributed by atoms with E-state index in [-0.39, 0.29) is 5.91 Å². The van der Waals surface area contributed by atoms with Gasteiger partial charge in [0.25, 0.3) is 5.91 Å². The van der Waals surface area contributed by atoms with Crippen LogP contribution in [-0.2, 0) is 0 Å². The Morgan fingerprint density at radius 1 is 1.17 bits per heavy atom. The number of aromatic nitrogens is 2. The number of nitrogens with one attached hydrogen (secondary N) is 1. The van der Waals surface area contributed by atoms with E-state index in [1.807, 2.05) is 17.5 Å². The molecule has 2 heterocycles. The summed E-state index contributed by atoms with van der Waals surface area (Å²) in [5.41, 5.74) is 0.788. The molecule has 1 aromatic carbocycles. The molecule has 0 aliphatic rings. The maximum Gasteiger partial charge on any atom is 0.267 e. The van der Waals surface area contributed by atoms with Crippen LogP contribution < -0.4 is 14.8 Å². The lowest BCUT2D eigenvalue weighted by Gasteiger charge is -2.07. The SMILES string of the molecule is COc1ccc(-c2nsc(NC(=O)c3cccs3)n2)cc1OC. The van der Waals surface area contributed by atoms with E-state index in [0.717, 1.165) is 17.1 Å². The van der Waals surface area contributed by atoms with Crippen molar-refractivity contribution in [2.24, 2.45) is 0 Å². The highest BCUT2D eigenvalue weighted by Gasteiger charge is 2.13. The summed E-state index contributed by atoms with van der Waals surface area (Å²) < 4.78 is 14.8. The second-order valence-electron chi connectivity index (χ2n) is 4.42. The minimum absolute atomic E-state index is 0.185. The van der Waals surface area contributed by atoms with Crippen LogP contribution >= 0.6 is 22.9 Å². The van der Waals surface area contributed by atoms with Crippen molar-refractivity contribution in [2.75, 3.05) is 19.5 Å². The first-order chi connectivity index (χ1) is 11.2. The highest BCUT2D eigenvalue weighted by atomic mass is 32.1. The Hall–Kier alpha value is -2.45. The highest BCUT2D eigenvalue weighted by molar-refractivity contribution is 7.12. The first kappa shape index (κ1) is 15.4. The molecule has 0 aliphatic heterocycles. The van der Waals surface area contributed by atoms with E-state index in [9.17, 15) is 4.79 Å². The number of hydrogen-bond donors (Lipinski definition) is 1. The fraction of sp³-hybridized carbons (Fsp3) is 0.133. The van der Waals surface area contributed by atoms with Gasteiger partial charge in [-0.15, -0.1) is 11.3 Å². The molecule has 3 rings (SSSR count). The topological polar surface area (TPSA) is 73.3 Å². The van der Waals surface area contributed by atoms with Gasteiger partial charge in [-0.1, -0.05) is 6.07 Å². The average molecular weight is 347 g/mol. The number of carbonyl (C=O) groups is 1. The van der Waals surface area contributed by atoms with Crippen molar-refractivity contribution >= 4 is 33.9 Å². The maximum atomic E-state index is 12.0. The molecule has 6 nitrogen and oxygen atoms in total. The normalized spacial score (nSPS) is 10.3. The number of anilines is 1. The molecule has 2 aromatic heterocycles. The molecule has 0 bridgehead atoms. The Labute approximate surface area is 140 Å². The number of thiophene rings is 1. The van der Waals surface area contributed by atoms with Gasteiger partial charge in [-0.05, 0) is 29.6 Å². The molecule has 118 valence electrons. The fourth-order valence-electron chi connectivity index (χ4n) is 1.93. The lowest BCUT2D eigenvalue weighted by molar-refractivity contribution is 0.103. The summed E-state index contributed by atoms with van der Waals surface area (Å²) in [4.78, 5) is 17.0. The van der Waals surface area contributed by atoms with E-state index in [4.69, 9.17) is 9.47 Å². The number of amides is 1. The van der Waals surface area contributed by atoms with Crippen LogP contribution in [0.25, 0.3) is 11.4 Å². The van der Waals surface area contributed by atoms with Gasteiger partial charge < -0.3 is 9.47 Å². The zero-order valence-corrected chi connectivity index (χ0v) is 14.0. The van der Waals surface area contributed by atoms with Crippen molar-refractivity contribution in [3.05, 3.63) is 40.6 Å². The lowest BCUT2D eigenvalue weighted by atomic mass is 10.2. The van der Waals surface area contributed by atoms with E-state index in [1.54, 1.807) is 32.4 Å². The lowest BCUT2D eigenvalue weighted by Crippen LogP contribution is -2.09. The van der Waals surface area contributed by atoms with Crippen LogP contribution in [0.5, 0.6) is 11.5 Å². The molecule has 1 N–H and O–H groups in total. The molecule has 8 heteroatoms. The third-order valence-electron chi connectivity index (χ3n) is 3.03. The molecule has 0 fully saturated rings. The second kappa shape index (κ2) is 6.76. The van der Waals surface area contributed by atoms with Crippen molar-refractivity contribution in [2.45, 2.75) is 0 Å². The molecule has 0 spiro atoms. The van der Waals surface area contributed by atoms with Crippen molar-refractivity contribution in [1.82, 2.24) is 9.36 Å². The predicted octanol–water partition coefficient (Wildman–Crippen LogP) is 3.54. The number of methoxy groups -OCH3 is 2. The molecular formula is C15H13N3O3S2. The van der Waals surface area contributed by atoms with Gasteiger partial charge in [0.2, 0.25) is 5.13 Å². The Morgan fingerprint density at radius 2 is 2.00 bits per heavy atom. The van der Waals surface area contributed by atoms with Crippen LogP contribution in [0, 0.1) is 0 Å². The Balaban J connectivity index is 1.80. The van der Waals surface area contributed by atoms with E-state index < -0.39 is 0 Å². The molecule has 0 atom stereocenters. The first-order valence-corrected chi connectivity index (χ1v) is 8.27. The summed E-state index contributed by atoms with van der Waals surface area (Å²) in [5.74, 6) is 1.58. The Kier molecular flexibility index (Phi) is 4.54. The van der Waals surface area contributed by atoms with Crippen LogP contribution in [0.3, 0.4) is 0 Å². The summed E-state index contributed by atoms with van der Waals surface area (Å²) in [6, 6.07) is 9.02. The van der Waals surface area contributed by atoms with Crippen molar-refractivity contribution in [3.8, 4) is 22.9 Å². The molecule has 0 saturated heterocycles. The van der Waals surface area contributed by atoms with Gasteiger partial charge in [0.05, 0.1) is 19.1 Å². The van der Waals surface area contributed by atoms with Crippen molar-refractivity contribution in [1.29, 1.82) is 0 Å². The summed E-state index contributed by atoms with van der Waals surface area (Å²) >= 11 is 2.51. The van der Waals surface area contributed by atoms with Crippen LogP contribution in [0.15, 0.2) is 35.7 Å². The smallest absolute Gasteiger partial charge is 0.267 e. The quantitative estimate of drug-likeness (QED) is 0.764. The maximum absolute atomic E-state index is 12.0. The fourth-order valence-corrected chi connectivity index (χ4v) is 3.14.